The Balaban J connectivity index is 2.63. The van der Waals surface area contributed by atoms with Gasteiger partial charge in [-0.25, -0.2) is 4.79 Å². The van der Waals surface area contributed by atoms with Gasteiger partial charge in [-0.3, -0.25) is 0 Å². The molecule has 0 unspecified atom stereocenters. The highest BCUT2D eigenvalue weighted by atomic mass is 35.5. The lowest BCUT2D eigenvalue weighted by atomic mass is 10.1. The van der Waals surface area contributed by atoms with Gasteiger partial charge in [-0.15, -0.1) is 0 Å². The molecule has 0 aliphatic carbocycles. The summed E-state index contributed by atoms with van der Waals surface area (Å²) in [7, 11) is 0. The molecule has 1 rings (SSSR count). The van der Waals surface area contributed by atoms with Crippen molar-refractivity contribution in [1.82, 2.24) is 5.32 Å². The molecule has 4 nitrogen and oxygen atoms in total. The highest BCUT2D eigenvalue weighted by Gasteiger charge is 2.05. The van der Waals surface area contributed by atoms with Crippen molar-refractivity contribution in [2.24, 2.45) is 5.92 Å². The fourth-order valence-corrected chi connectivity index (χ4v) is 1.37. The largest absolute Gasteiger partial charge is 0.399 e. The number of urea groups is 1. The zero-order valence-electron chi connectivity index (χ0n) is 10.8. The van der Waals surface area contributed by atoms with Gasteiger partial charge in [-0.1, -0.05) is 31.0 Å². The van der Waals surface area contributed by atoms with Gasteiger partial charge in [0.25, 0.3) is 0 Å². The van der Waals surface area contributed by atoms with Crippen LogP contribution in [0.1, 0.15) is 20.8 Å². The molecule has 4 N–H and O–H groups in total. The lowest BCUT2D eigenvalue weighted by Crippen LogP contribution is -2.24. The van der Waals surface area contributed by atoms with Crippen LogP contribution in [0.5, 0.6) is 0 Å². The van der Waals surface area contributed by atoms with E-state index in [1.54, 1.807) is 24.4 Å². The molecule has 18 heavy (non-hydrogen) atoms. The number of hydrogen-bond acceptors (Lipinski definition) is 2. The number of halogens is 1. The third kappa shape index (κ3) is 4.30. The van der Waals surface area contributed by atoms with E-state index in [1.165, 1.54) is 0 Å². The van der Waals surface area contributed by atoms with Gasteiger partial charge in [-0.2, -0.15) is 0 Å². The number of hydrogen-bond donors (Lipinski definition) is 3. The summed E-state index contributed by atoms with van der Waals surface area (Å²) in [6.07, 6.45) is 1.69. The molecule has 2 amide bonds. The van der Waals surface area contributed by atoms with Crippen molar-refractivity contribution in [2.45, 2.75) is 20.8 Å². The fourth-order valence-electron chi connectivity index (χ4n) is 1.14. The maximum Gasteiger partial charge on any atom is 0.323 e. The second kappa shape index (κ2) is 6.31. The van der Waals surface area contributed by atoms with E-state index >= 15 is 0 Å². The molecule has 0 aromatic heterocycles. The van der Waals surface area contributed by atoms with Gasteiger partial charge >= 0.3 is 6.03 Å². The van der Waals surface area contributed by atoms with Gasteiger partial charge in [0, 0.05) is 11.9 Å². The number of nitrogens with one attached hydrogen (secondary N) is 2. The molecule has 1 aromatic rings. The molecule has 0 bridgehead atoms. The Kier molecular flexibility index (Phi) is 5.04. The Labute approximate surface area is 112 Å². The first kappa shape index (κ1) is 14.4. The van der Waals surface area contributed by atoms with E-state index in [0.717, 1.165) is 5.57 Å². The van der Waals surface area contributed by atoms with Gasteiger partial charge in [0.2, 0.25) is 0 Å². The van der Waals surface area contributed by atoms with Crippen LogP contribution in [-0.2, 0) is 0 Å². The summed E-state index contributed by atoms with van der Waals surface area (Å²) in [4.78, 5) is 11.6. The third-order valence-corrected chi connectivity index (χ3v) is 2.90. The summed E-state index contributed by atoms with van der Waals surface area (Å²) in [5.41, 5.74) is 7.74. The number of nitrogen functional groups attached to an aromatic ring is 1. The van der Waals surface area contributed by atoms with Crippen LogP contribution in [0.2, 0.25) is 5.02 Å². The second-order valence-corrected chi connectivity index (χ2v) is 4.79. The van der Waals surface area contributed by atoms with Crippen molar-refractivity contribution in [3.8, 4) is 0 Å². The molecule has 0 atom stereocenters. The van der Waals surface area contributed by atoms with E-state index < -0.39 is 0 Å². The smallest absolute Gasteiger partial charge is 0.323 e. The molecule has 0 heterocycles. The van der Waals surface area contributed by atoms with Crippen molar-refractivity contribution in [2.75, 3.05) is 11.1 Å². The van der Waals surface area contributed by atoms with Gasteiger partial charge in [0.05, 0.1) is 10.7 Å². The monoisotopic (exact) mass is 267 g/mol. The quantitative estimate of drug-likeness (QED) is 0.733. The SMILES string of the molecule is C/C(=C\NC(=O)Nc1ccc(N)cc1Cl)C(C)C. The first-order chi connectivity index (χ1) is 8.40. The van der Waals surface area contributed by atoms with E-state index in [0.29, 0.717) is 22.3 Å². The van der Waals surface area contributed by atoms with Crippen LogP contribution in [-0.4, -0.2) is 6.03 Å². The van der Waals surface area contributed by atoms with Crippen molar-refractivity contribution in [3.63, 3.8) is 0 Å². The predicted octanol–water partition coefficient (Wildman–Crippen LogP) is 3.60. The van der Waals surface area contributed by atoms with Crippen LogP contribution < -0.4 is 16.4 Å². The number of benzene rings is 1. The normalized spacial score (nSPS) is 11.5. The predicted molar refractivity (Wildman–Crippen MR) is 76.6 cm³/mol. The highest BCUT2D eigenvalue weighted by molar-refractivity contribution is 6.34. The first-order valence-corrected chi connectivity index (χ1v) is 6.07. The van der Waals surface area contributed by atoms with Gasteiger partial charge in [0.15, 0.2) is 0 Å². The van der Waals surface area contributed by atoms with Gasteiger partial charge in [-0.05, 0) is 31.0 Å². The lowest BCUT2D eigenvalue weighted by molar-refractivity contribution is 0.255. The molecule has 1 aromatic carbocycles. The molecular weight excluding hydrogens is 250 g/mol. The molecule has 0 fully saturated rings. The average Bonchev–Trinajstić information content (AvgIpc) is 2.29. The number of amides is 2. The zero-order chi connectivity index (χ0) is 13.7. The van der Waals surface area contributed by atoms with E-state index in [4.69, 9.17) is 17.3 Å². The molecule has 0 saturated carbocycles. The Bertz CT molecular complexity index is 469. The van der Waals surface area contributed by atoms with Crippen LogP contribution >= 0.6 is 11.6 Å². The minimum absolute atomic E-state index is 0.332. The van der Waals surface area contributed by atoms with Crippen LogP contribution in [0, 0.1) is 5.92 Å². The third-order valence-electron chi connectivity index (χ3n) is 2.58. The lowest BCUT2D eigenvalue weighted by Gasteiger charge is -2.09. The maximum atomic E-state index is 11.6. The molecule has 0 radical (unpaired) electrons. The standard InChI is InChI=1S/C13H18ClN3O/c1-8(2)9(3)7-16-13(18)17-12-5-4-10(15)6-11(12)14/h4-8H,15H2,1-3H3,(H2,16,17,18)/b9-7+. The number of allylic oxidation sites excluding steroid dienone is 1. The second-order valence-electron chi connectivity index (χ2n) is 4.38. The van der Waals surface area contributed by atoms with Crippen LogP contribution in [0.3, 0.4) is 0 Å². The topological polar surface area (TPSA) is 67.2 Å². The fraction of sp³-hybridized carbons (Fsp3) is 0.308. The molecule has 98 valence electrons. The zero-order valence-corrected chi connectivity index (χ0v) is 11.5. The summed E-state index contributed by atoms with van der Waals surface area (Å²) in [5.74, 6) is 0.394. The van der Waals surface area contributed by atoms with Crippen LogP contribution in [0.4, 0.5) is 16.2 Å². The Morgan fingerprint density at radius 1 is 1.44 bits per heavy atom. The van der Waals surface area contributed by atoms with Crippen molar-refractivity contribution < 1.29 is 4.79 Å². The molecule has 0 spiro atoms. The molecule has 0 aliphatic rings. The number of rotatable bonds is 3. The van der Waals surface area contributed by atoms with Gasteiger partial charge < -0.3 is 16.4 Å². The highest BCUT2D eigenvalue weighted by Crippen LogP contribution is 2.23. The van der Waals surface area contributed by atoms with Gasteiger partial charge in [0.1, 0.15) is 0 Å². The molecule has 0 aliphatic heterocycles. The summed E-state index contributed by atoms with van der Waals surface area (Å²) in [6, 6.07) is 4.60. The number of carbonyl (C=O) groups is 1. The summed E-state index contributed by atoms with van der Waals surface area (Å²) in [5, 5.41) is 5.71. The van der Waals surface area contributed by atoms with Crippen LogP contribution in [0.15, 0.2) is 30.0 Å². The Hall–Kier alpha value is -1.68. The molecule has 5 heteroatoms. The van der Waals surface area contributed by atoms with E-state index in [1.807, 2.05) is 6.92 Å². The minimum atomic E-state index is -0.332. The van der Waals surface area contributed by atoms with Crippen molar-refractivity contribution in [3.05, 3.63) is 35.0 Å². The first-order valence-electron chi connectivity index (χ1n) is 5.69. The van der Waals surface area contributed by atoms with Crippen molar-refractivity contribution in [1.29, 1.82) is 0 Å². The minimum Gasteiger partial charge on any atom is -0.399 e. The maximum absolute atomic E-state index is 11.6. The summed E-state index contributed by atoms with van der Waals surface area (Å²) < 4.78 is 0. The average molecular weight is 268 g/mol. The van der Waals surface area contributed by atoms with E-state index in [9.17, 15) is 4.79 Å². The summed E-state index contributed by atoms with van der Waals surface area (Å²) in [6.45, 7) is 6.08. The molecular formula is C13H18ClN3O. The van der Waals surface area contributed by atoms with E-state index in [-0.39, 0.29) is 6.03 Å². The van der Waals surface area contributed by atoms with Crippen LogP contribution in [0.25, 0.3) is 0 Å². The molecule has 0 saturated heterocycles. The Morgan fingerprint density at radius 2 is 2.11 bits per heavy atom. The number of carbonyl (C=O) groups excluding carboxylic acids is 1. The Morgan fingerprint density at radius 3 is 2.67 bits per heavy atom. The van der Waals surface area contributed by atoms with Crippen molar-refractivity contribution >= 4 is 29.0 Å². The number of anilines is 2. The summed E-state index contributed by atoms with van der Waals surface area (Å²) >= 11 is 5.95. The van der Waals surface area contributed by atoms with E-state index in [2.05, 4.69) is 24.5 Å². The number of nitrogens with two attached hydrogens (primary N) is 1.